The quantitative estimate of drug-likeness (QED) is 0.656. The van der Waals surface area contributed by atoms with Gasteiger partial charge in [-0.2, -0.15) is 0 Å². The van der Waals surface area contributed by atoms with Crippen molar-refractivity contribution in [3.63, 3.8) is 0 Å². The Labute approximate surface area is 134 Å². The summed E-state index contributed by atoms with van der Waals surface area (Å²) in [6, 6.07) is 9.54. The van der Waals surface area contributed by atoms with Crippen LogP contribution in [0.2, 0.25) is 0 Å². The van der Waals surface area contributed by atoms with Gasteiger partial charge in [-0.1, -0.05) is 6.07 Å². The van der Waals surface area contributed by atoms with Gasteiger partial charge in [0.15, 0.2) is 5.76 Å². The Morgan fingerprint density at radius 3 is 2.91 bits per heavy atom. The number of aryl methyl sites for hydroxylation is 2. The molecule has 0 atom stereocenters. The molecule has 0 saturated carbocycles. The van der Waals surface area contributed by atoms with Crippen LogP contribution < -0.4 is 10.1 Å². The number of halogens is 1. The molecule has 1 N–H and O–H groups in total. The van der Waals surface area contributed by atoms with E-state index in [1.165, 1.54) is 24.0 Å². The van der Waals surface area contributed by atoms with Gasteiger partial charge in [0, 0.05) is 0 Å². The maximum Gasteiger partial charge on any atom is 0.287 e. The smallest absolute Gasteiger partial charge is 0.287 e. The minimum Gasteiger partial charge on any atom is -0.492 e. The molecule has 0 radical (unpaired) electrons. The summed E-state index contributed by atoms with van der Waals surface area (Å²) in [6.07, 6.45) is 3.52. The van der Waals surface area contributed by atoms with Gasteiger partial charge in [0.1, 0.15) is 18.1 Å². The number of carbonyl (C=O) groups excluding carboxylic acids is 1. The van der Waals surface area contributed by atoms with Crippen molar-refractivity contribution in [1.29, 1.82) is 0 Å². The molecule has 1 aromatic heterocycles. The molecule has 4 nitrogen and oxygen atoms in total. The first-order valence-corrected chi connectivity index (χ1v) is 7.97. The second-order valence-corrected chi connectivity index (χ2v) is 5.56. The van der Waals surface area contributed by atoms with E-state index in [4.69, 9.17) is 20.8 Å². The van der Waals surface area contributed by atoms with Crippen molar-refractivity contribution < 1.29 is 13.9 Å². The molecule has 0 saturated heterocycles. The molecule has 0 fully saturated rings. The number of alkyl halides is 1. The van der Waals surface area contributed by atoms with Crippen LogP contribution in [0.3, 0.4) is 0 Å². The van der Waals surface area contributed by atoms with Crippen LogP contribution in [-0.4, -0.2) is 19.1 Å². The van der Waals surface area contributed by atoms with E-state index >= 15 is 0 Å². The predicted octanol–water partition coefficient (Wildman–Crippen LogP) is 3.32. The summed E-state index contributed by atoms with van der Waals surface area (Å²) in [7, 11) is 0. The molecule has 1 amide bonds. The molecule has 22 heavy (non-hydrogen) atoms. The number of amides is 1. The summed E-state index contributed by atoms with van der Waals surface area (Å²) in [5, 5.41) is 2.76. The molecule has 1 aliphatic rings. The van der Waals surface area contributed by atoms with Gasteiger partial charge in [-0.3, -0.25) is 4.79 Å². The number of hydrogen-bond donors (Lipinski definition) is 1. The Morgan fingerprint density at radius 2 is 2.09 bits per heavy atom. The van der Waals surface area contributed by atoms with E-state index in [1.807, 2.05) is 6.07 Å². The Bertz CT molecular complexity index is 666. The van der Waals surface area contributed by atoms with Crippen molar-refractivity contribution in [2.24, 2.45) is 0 Å². The SMILES string of the molecule is O=C(NCCOc1ccc2c(c1)CCC2)c1ccc(CCl)o1. The number of hydrogen-bond acceptors (Lipinski definition) is 3. The predicted molar refractivity (Wildman–Crippen MR) is 84.6 cm³/mol. The normalized spacial score (nSPS) is 13.0. The van der Waals surface area contributed by atoms with E-state index in [-0.39, 0.29) is 17.5 Å². The van der Waals surface area contributed by atoms with E-state index in [1.54, 1.807) is 12.1 Å². The van der Waals surface area contributed by atoms with Gasteiger partial charge < -0.3 is 14.5 Å². The van der Waals surface area contributed by atoms with E-state index in [0.29, 0.717) is 18.9 Å². The molecule has 0 aliphatic heterocycles. The van der Waals surface area contributed by atoms with Gasteiger partial charge >= 0.3 is 0 Å². The van der Waals surface area contributed by atoms with Crippen LogP contribution >= 0.6 is 11.6 Å². The largest absolute Gasteiger partial charge is 0.492 e. The van der Waals surface area contributed by atoms with Crippen molar-refractivity contribution in [3.05, 3.63) is 53.0 Å². The van der Waals surface area contributed by atoms with Crippen LogP contribution in [0.4, 0.5) is 0 Å². The zero-order valence-corrected chi connectivity index (χ0v) is 13.0. The number of nitrogens with one attached hydrogen (secondary N) is 1. The van der Waals surface area contributed by atoms with Gasteiger partial charge in [0.2, 0.25) is 0 Å². The third-order valence-corrected chi connectivity index (χ3v) is 4.01. The summed E-state index contributed by atoms with van der Waals surface area (Å²) in [5.74, 6) is 1.72. The standard InChI is InChI=1S/C17H18ClNO3/c18-11-15-6-7-16(22-15)17(20)19-8-9-21-14-5-4-12-2-1-3-13(12)10-14/h4-7,10H,1-3,8-9,11H2,(H,19,20). The lowest BCUT2D eigenvalue weighted by Crippen LogP contribution is -2.27. The lowest BCUT2D eigenvalue weighted by atomic mass is 10.1. The maximum absolute atomic E-state index is 11.8. The third-order valence-electron chi connectivity index (χ3n) is 3.74. The lowest BCUT2D eigenvalue weighted by Gasteiger charge is -2.08. The zero-order chi connectivity index (χ0) is 15.4. The highest BCUT2D eigenvalue weighted by Crippen LogP contribution is 2.25. The first kappa shape index (κ1) is 15.0. The summed E-state index contributed by atoms with van der Waals surface area (Å²) in [5.41, 5.74) is 2.80. The second kappa shape index (κ2) is 6.88. The van der Waals surface area contributed by atoms with Crippen LogP contribution in [0.5, 0.6) is 5.75 Å². The fourth-order valence-corrected chi connectivity index (χ4v) is 2.77. The van der Waals surface area contributed by atoms with Crippen LogP contribution in [0, 0.1) is 0 Å². The van der Waals surface area contributed by atoms with Crippen molar-refractivity contribution in [1.82, 2.24) is 5.32 Å². The van der Waals surface area contributed by atoms with Crippen LogP contribution in [0.1, 0.15) is 33.9 Å². The fraction of sp³-hybridized carbons (Fsp3) is 0.353. The molecular formula is C17H18ClNO3. The molecule has 3 rings (SSSR count). The van der Waals surface area contributed by atoms with Crippen LogP contribution in [0.15, 0.2) is 34.7 Å². The summed E-state index contributed by atoms with van der Waals surface area (Å²) in [6.45, 7) is 0.848. The average Bonchev–Trinajstić information content (AvgIpc) is 3.19. The Kier molecular flexibility index (Phi) is 4.68. The first-order chi connectivity index (χ1) is 10.8. The van der Waals surface area contributed by atoms with Crippen molar-refractivity contribution >= 4 is 17.5 Å². The third kappa shape index (κ3) is 3.45. The Hall–Kier alpha value is -1.94. The van der Waals surface area contributed by atoms with Crippen molar-refractivity contribution in [2.75, 3.05) is 13.2 Å². The first-order valence-electron chi connectivity index (χ1n) is 7.44. The number of carbonyl (C=O) groups is 1. The molecule has 0 spiro atoms. The summed E-state index contributed by atoms with van der Waals surface area (Å²) < 4.78 is 11.0. The van der Waals surface area contributed by atoms with Crippen molar-refractivity contribution in [3.8, 4) is 5.75 Å². The van der Waals surface area contributed by atoms with Crippen LogP contribution in [-0.2, 0) is 18.7 Å². The minimum atomic E-state index is -0.256. The second-order valence-electron chi connectivity index (χ2n) is 5.29. The maximum atomic E-state index is 11.8. The summed E-state index contributed by atoms with van der Waals surface area (Å²) >= 11 is 5.63. The number of fused-ring (bicyclic) bond motifs is 1. The molecule has 0 unspecified atom stereocenters. The van der Waals surface area contributed by atoms with E-state index in [2.05, 4.69) is 17.4 Å². The highest BCUT2D eigenvalue weighted by atomic mass is 35.5. The van der Waals surface area contributed by atoms with Gasteiger partial charge in [-0.05, 0) is 54.7 Å². The van der Waals surface area contributed by atoms with Gasteiger partial charge in [-0.25, -0.2) is 0 Å². The lowest BCUT2D eigenvalue weighted by molar-refractivity contribution is 0.0918. The molecule has 0 bridgehead atoms. The zero-order valence-electron chi connectivity index (χ0n) is 12.2. The number of ether oxygens (including phenoxy) is 1. The van der Waals surface area contributed by atoms with Crippen molar-refractivity contribution in [2.45, 2.75) is 25.1 Å². The molecule has 1 aliphatic carbocycles. The van der Waals surface area contributed by atoms with E-state index < -0.39 is 0 Å². The van der Waals surface area contributed by atoms with Gasteiger partial charge in [0.05, 0.1) is 12.4 Å². The molecule has 116 valence electrons. The number of benzene rings is 1. The molecule has 2 aromatic rings. The average molecular weight is 320 g/mol. The minimum absolute atomic E-state index is 0.256. The Balaban J connectivity index is 1.44. The molecule has 5 heteroatoms. The number of rotatable bonds is 6. The van der Waals surface area contributed by atoms with E-state index in [0.717, 1.165) is 12.2 Å². The summed E-state index contributed by atoms with van der Waals surface area (Å²) in [4.78, 5) is 11.8. The van der Waals surface area contributed by atoms with Gasteiger partial charge in [-0.15, -0.1) is 11.6 Å². The fourth-order valence-electron chi connectivity index (χ4n) is 2.63. The van der Waals surface area contributed by atoms with Crippen LogP contribution in [0.25, 0.3) is 0 Å². The molecular weight excluding hydrogens is 302 g/mol. The topological polar surface area (TPSA) is 51.5 Å². The number of furan rings is 1. The highest BCUT2D eigenvalue weighted by molar-refractivity contribution is 6.16. The van der Waals surface area contributed by atoms with E-state index in [9.17, 15) is 4.79 Å². The highest BCUT2D eigenvalue weighted by Gasteiger charge is 2.12. The monoisotopic (exact) mass is 319 g/mol. The Morgan fingerprint density at radius 1 is 1.23 bits per heavy atom. The molecule has 1 aromatic carbocycles. The van der Waals surface area contributed by atoms with Gasteiger partial charge in [0.25, 0.3) is 5.91 Å². The molecule has 1 heterocycles.